The highest BCUT2D eigenvalue weighted by atomic mass is 15.0. The van der Waals surface area contributed by atoms with Crippen LogP contribution in [-0.2, 0) is 6.54 Å². The van der Waals surface area contributed by atoms with Gasteiger partial charge in [0.1, 0.15) is 11.6 Å². The Morgan fingerprint density at radius 3 is 2.71 bits per heavy atom. The predicted octanol–water partition coefficient (Wildman–Crippen LogP) is 2.41. The van der Waals surface area contributed by atoms with Gasteiger partial charge in [-0.3, -0.25) is 4.98 Å². The van der Waals surface area contributed by atoms with Crippen LogP contribution in [0.5, 0.6) is 0 Å². The second-order valence-electron chi connectivity index (χ2n) is 4.10. The zero-order valence-electron chi connectivity index (χ0n) is 10.4. The molecule has 2 rings (SSSR count). The Balaban J connectivity index is 2.10. The van der Waals surface area contributed by atoms with E-state index in [0.717, 1.165) is 23.9 Å². The van der Waals surface area contributed by atoms with Gasteiger partial charge in [0.05, 0.1) is 0 Å². The fourth-order valence-electron chi connectivity index (χ4n) is 1.69. The van der Waals surface area contributed by atoms with Gasteiger partial charge in [-0.25, -0.2) is 9.97 Å². The van der Waals surface area contributed by atoms with Crippen molar-refractivity contribution in [3.05, 3.63) is 47.2 Å². The summed E-state index contributed by atoms with van der Waals surface area (Å²) in [6.07, 6.45) is 3.67. The molecule has 0 aromatic carbocycles. The van der Waals surface area contributed by atoms with Crippen LogP contribution in [0.2, 0.25) is 0 Å². The molecule has 0 aliphatic rings. The van der Waals surface area contributed by atoms with Crippen LogP contribution in [-0.4, -0.2) is 15.0 Å². The van der Waals surface area contributed by atoms with Gasteiger partial charge in [-0.15, -0.1) is 0 Å². The van der Waals surface area contributed by atoms with E-state index in [0.29, 0.717) is 0 Å². The van der Waals surface area contributed by atoms with Crippen molar-refractivity contribution in [1.82, 2.24) is 15.0 Å². The Hall–Kier alpha value is -1.97. The lowest BCUT2D eigenvalue weighted by atomic mass is 10.1. The molecule has 2 heterocycles. The Bertz CT molecular complexity index is 502. The lowest BCUT2D eigenvalue weighted by Crippen LogP contribution is -2.05. The first-order chi connectivity index (χ1) is 8.15. The van der Waals surface area contributed by atoms with Gasteiger partial charge < -0.3 is 5.32 Å². The number of anilines is 1. The number of nitrogens with zero attached hydrogens (tertiary/aromatic N) is 3. The molecule has 0 aliphatic carbocycles. The fourth-order valence-corrected chi connectivity index (χ4v) is 1.69. The van der Waals surface area contributed by atoms with Gasteiger partial charge in [-0.2, -0.15) is 0 Å². The molecule has 0 radical (unpaired) electrons. The molecule has 0 atom stereocenters. The standard InChI is InChI=1S/C13H16N4/c1-9-7-14-5-4-12(9)8-15-13-6-10(2)16-11(3)17-13/h4-7H,8H2,1-3H3,(H,15,16,17). The van der Waals surface area contributed by atoms with E-state index in [9.17, 15) is 0 Å². The third-order valence-corrected chi connectivity index (χ3v) is 2.56. The summed E-state index contributed by atoms with van der Waals surface area (Å²) >= 11 is 0. The quantitative estimate of drug-likeness (QED) is 0.876. The number of pyridine rings is 1. The van der Waals surface area contributed by atoms with Crippen molar-refractivity contribution < 1.29 is 0 Å². The van der Waals surface area contributed by atoms with E-state index < -0.39 is 0 Å². The van der Waals surface area contributed by atoms with Crippen molar-refractivity contribution in [3.63, 3.8) is 0 Å². The number of hydrogen-bond acceptors (Lipinski definition) is 4. The summed E-state index contributed by atoms with van der Waals surface area (Å²) in [6.45, 7) is 6.68. The molecule has 0 bridgehead atoms. The Kier molecular flexibility index (Phi) is 3.32. The first-order valence-corrected chi connectivity index (χ1v) is 5.61. The van der Waals surface area contributed by atoms with Crippen LogP contribution in [0.1, 0.15) is 22.6 Å². The molecule has 0 aliphatic heterocycles. The zero-order valence-corrected chi connectivity index (χ0v) is 10.4. The summed E-state index contributed by atoms with van der Waals surface area (Å²) in [4.78, 5) is 12.7. The summed E-state index contributed by atoms with van der Waals surface area (Å²) in [7, 11) is 0. The van der Waals surface area contributed by atoms with Crippen molar-refractivity contribution >= 4 is 5.82 Å². The number of aromatic nitrogens is 3. The molecular formula is C13H16N4. The van der Waals surface area contributed by atoms with Gasteiger partial charge in [-0.05, 0) is 38.0 Å². The van der Waals surface area contributed by atoms with Crippen LogP contribution in [0.25, 0.3) is 0 Å². The monoisotopic (exact) mass is 228 g/mol. The van der Waals surface area contributed by atoms with E-state index in [4.69, 9.17) is 0 Å². The van der Waals surface area contributed by atoms with Crippen LogP contribution >= 0.6 is 0 Å². The second kappa shape index (κ2) is 4.91. The highest BCUT2D eigenvalue weighted by molar-refractivity contribution is 5.37. The summed E-state index contributed by atoms with van der Waals surface area (Å²) in [6, 6.07) is 3.97. The van der Waals surface area contributed by atoms with Crippen molar-refractivity contribution in [2.45, 2.75) is 27.3 Å². The van der Waals surface area contributed by atoms with E-state index in [2.05, 4.69) is 27.2 Å². The van der Waals surface area contributed by atoms with E-state index in [1.807, 2.05) is 32.2 Å². The smallest absolute Gasteiger partial charge is 0.130 e. The average Bonchev–Trinajstić information content (AvgIpc) is 2.27. The van der Waals surface area contributed by atoms with E-state index >= 15 is 0 Å². The molecule has 0 unspecified atom stereocenters. The van der Waals surface area contributed by atoms with E-state index in [1.54, 1.807) is 6.20 Å². The Morgan fingerprint density at radius 1 is 1.18 bits per heavy atom. The molecule has 0 spiro atoms. The van der Waals surface area contributed by atoms with Gasteiger partial charge in [0.15, 0.2) is 0 Å². The molecule has 17 heavy (non-hydrogen) atoms. The van der Waals surface area contributed by atoms with Gasteiger partial charge in [0, 0.05) is 30.7 Å². The predicted molar refractivity (Wildman–Crippen MR) is 67.8 cm³/mol. The van der Waals surface area contributed by atoms with Gasteiger partial charge in [0.2, 0.25) is 0 Å². The van der Waals surface area contributed by atoms with Crippen LogP contribution in [0.3, 0.4) is 0 Å². The van der Waals surface area contributed by atoms with Gasteiger partial charge in [-0.1, -0.05) is 0 Å². The first kappa shape index (κ1) is 11.5. The van der Waals surface area contributed by atoms with Gasteiger partial charge in [0.25, 0.3) is 0 Å². The third kappa shape index (κ3) is 3.00. The normalized spacial score (nSPS) is 10.3. The third-order valence-electron chi connectivity index (χ3n) is 2.56. The minimum atomic E-state index is 0.754. The molecule has 88 valence electrons. The van der Waals surface area contributed by atoms with Crippen LogP contribution in [0.4, 0.5) is 5.82 Å². The van der Waals surface area contributed by atoms with Crippen LogP contribution in [0.15, 0.2) is 24.5 Å². The number of rotatable bonds is 3. The highest BCUT2D eigenvalue weighted by Crippen LogP contribution is 2.10. The molecular weight excluding hydrogens is 212 g/mol. The fraction of sp³-hybridized carbons (Fsp3) is 0.308. The summed E-state index contributed by atoms with van der Waals surface area (Å²) in [5, 5.41) is 3.30. The molecule has 0 amide bonds. The SMILES string of the molecule is Cc1cc(NCc2ccncc2C)nc(C)n1. The van der Waals surface area contributed by atoms with Crippen molar-refractivity contribution in [1.29, 1.82) is 0 Å². The number of aryl methyl sites for hydroxylation is 3. The van der Waals surface area contributed by atoms with Crippen molar-refractivity contribution in [3.8, 4) is 0 Å². The highest BCUT2D eigenvalue weighted by Gasteiger charge is 2.00. The van der Waals surface area contributed by atoms with Crippen molar-refractivity contribution in [2.75, 3.05) is 5.32 Å². The lowest BCUT2D eigenvalue weighted by Gasteiger charge is -2.08. The maximum absolute atomic E-state index is 4.34. The second-order valence-corrected chi connectivity index (χ2v) is 4.10. The molecule has 1 N–H and O–H groups in total. The minimum absolute atomic E-state index is 0.754. The summed E-state index contributed by atoms with van der Waals surface area (Å²) in [5.74, 6) is 1.66. The largest absolute Gasteiger partial charge is 0.366 e. The Labute approximate surface area is 101 Å². The molecule has 0 fully saturated rings. The zero-order chi connectivity index (χ0) is 12.3. The maximum atomic E-state index is 4.34. The summed E-state index contributed by atoms with van der Waals surface area (Å²) in [5.41, 5.74) is 3.39. The number of nitrogens with one attached hydrogen (secondary N) is 1. The van der Waals surface area contributed by atoms with E-state index in [-0.39, 0.29) is 0 Å². The lowest BCUT2D eigenvalue weighted by molar-refractivity contribution is 0.987. The molecule has 2 aromatic heterocycles. The molecule has 0 saturated heterocycles. The Morgan fingerprint density at radius 2 is 2.00 bits per heavy atom. The molecule has 2 aromatic rings. The van der Waals surface area contributed by atoms with Gasteiger partial charge >= 0.3 is 0 Å². The number of hydrogen-bond donors (Lipinski definition) is 1. The molecule has 4 heteroatoms. The molecule has 4 nitrogen and oxygen atoms in total. The first-order valence-electron chi connectivity index (χ1n) is 5.61. The van der Waals surface area contributed by atoms with Crippen LogP contribution in [0, 0.1) is 20.8 Å². The van der Waals surface area contributed by atoms with E-state index in [1.165, 1.54) is 11.1 Å². The minimum Gasteiger partial charge on any atom is -0.366 e. The average molecular weight is 228 g/mol. The topological polar surface area (TPSA) is 50.7 Å². The molecule has 0 saturated carbocycles. The summed E-state index contributed by atoms with van der Waals surface area (Å²) < 4.78 is 0. The van der Waals surface area contributed by atoms with Crippen molar-refractivity contribution in [2.24, 2.45) is 0 Å². The van der Waals surface area contributed by atoms with Crippen LogP contribution < -0.4 is 5.32 Å². The maximum Gasteiger partial charge on any atom is 0.130 e.